The molecule has 1 aromatic carbocycles. The molecule has 0 saturated carbocycles. The van der Waals surface area contributed by atoms with Crippen molar-refractivity contribution in [1.29, 1.82) is 0 Å². The second kappa shape index (κ2) is 6.72. The second-order valence-electron chi connectivity index (χ2n) is 4.09. The van der Waals surface area contributed by atoms with Gasteiger partial charge in [-0.15, -0.1) is 0 Å². The summed E-state index contributed by atoms with van der Waals surface area (Å²) < 4.78 is 1.04. The second-order valence-corrected chi connectivity index (χ2v) is 5.34. The molecule has 98 valence electrons. The van der Waals surface area contributed by atoms with Crippen LogP contribution in [-0.2, 0) is 4.79 Å². The molecule has 0 aliphatic carbocycles. The molecule has 0 bridgehead atoms. The van der Waals surface area contributed by atoms with Gasteiger partial charge in [-0.25, -0.2) is 0 Å². The fourth-order valence-electron chi connectivity index (χ4n) is 1.55. The molecule has 18 heavy (non-hydrogen) atoms. The summed E-state index contributed by atoms with van der Waals surface area (Å²) in [6, 6.07) is 7.03. The smallest absolute Gasteiger partial charge is 0.323 e. The predicted molar refractivity (Wildman–Crippen MR) is 77.6 cm³/mol. The maximum Gasteiger partial charge on any atom is 0.323 e. The Labute approximate surface area is 120 Å². The number of carboxylic acid groups (broad SMARTS) is 1. The lowest BCUT2D eigenvalue weighted by Crippen LogP contribution is -2.41. The molecule has 0 heterocycles. The van der Waals surface area contributed by atoms with Gasteiger partial charge in [-0.3, -0.25) is 9.59 Å². The van der Waals surface area contributed by atoms with E-state index in [4.69, 9.17) is 5.11 Å². The van der Waals surface area contributed by atoms with E-state index in [1.165, 1.54) is 4.90 Å². The molecule has 0 spiro atoms. The highest BCUT2D eigenvalue weighted by Gasteiger charge is 2.22. The minimum absolute atomic E-state index is 0.0899. The van der Waals surface area contributed by atoms with Crippen molar-refractivity contribution in [2.45, 2.75) is 26.3 Å². The van der Waals surface area contributed by atoms with E-state index in [2.05, 4.69) is 22.6 Å². The number of carbonyl (C=O) groups excluding carboxylic acids is 1. The molecule has 1 rings (SSSR count). The molecule has 0 fully saturated rings. The molecule has 5 heteroatoms. The average Bonchev–Trinajstić information content (AvgIpc) is 2.35. The van der Waals surface area contributed by atoms with Gasteiger partial charge in [-0.05, 0) is 60.2 Å². The summed E-state index contributed by atoms with van der Waals surface area (Å²) in [7, 11) is 0. The van der Waals surface area contributed by atoms with E-state index in [-0.39, 0.29) is 18.5 Å². The fourth-order valence-corrected chi connectivity index (χ4v) is 1.91. The zero-order valence-corrected chi connectivity index (χ0v) is 12.5. The minimum Gasteiger partial charge on any atom is -0.480 e. The molecule has 1 atom stereocenters. The Bertz CT molecular complexity index is 430. The molecule has 0 saturated heterocycles. The van der Waals surface area contributed by atoms with Crippen LogP contribution in [0.4, 0.5) is 0 Å². The predicted octanol–water partition coefficient (Wildman–Crippen LogP) is 2.62. The van der Waals surface area contributed by atoms with Gasteiger partial charge >= 0.3 is 5.97 Å². The largest absolute Gasteiger partial charge is 0.480 e. The molecule has 1 N–H and O–H groups in total. The van der Waals surface area contributed by atoms with E-state index in [1.807, 2.05) is 26.0 Å². The highest BCUT2D eigenvalue weighted by atomic mass is 127. The first-order valence-electron chi connectivity index (χ1n) is 5.74. The highest BCUT2D eigenvalue weighted by molar-refractivity contribution is 14.1. The number of aliphatic carboxylic acids is 1. The number of halogens is 1. The Morgan fingerprint density at radius 2 is 1.89 bits per heavy atom. The van der Waals surface area contributed by atoms with E-state index in [1.54, 1.807) is 12.1 Å². The van der Waals surface area contributed by atoms with Crippen LogP contribution < -0.4 is 0 Å². The molecular weight excluding hydrogens is 345 g/mol. The number of hydrogen-bond donors (Lipinski definition) is 1. The van der Waals surface area contributed by atoms with Gasteiger partial charge in [0.15, 0.2) is 0 Å². The van der Waals surface area contributed by atoms with Crippen LogP contribution in [0, 0.1) is 3.57 Å². The van der Waals surface area contributed by atoms with Crippen LogP contribution in [0.1, 0.15) is 30.6 Å². The van der Waals surface area contributed by atoms with Crippen molar-refractivity contribution in [1.82, 2.24) is 4.90 Å². The van der Waals surface area contributed by atoms with Crippen molar-refractivity contribution < 1.29 is 14.7 Å². The SMILES string of the molecule is CCC(C)N(CC(=O)O)C(=O)c1ccc(I)cc1. The van der Waals surface area contributed by atoms with Crippen LogP contribution in [0.2, 0.25) is 0 Å². The molecule has 1 aromatic rings. The Kier molecular flexibility index (Phi) is 5.58. The Hall–Kier alpha value is -1.11. The summed E-state index contributed by atoms with van der Waals surface area (Å²) in [6.45, 7) is 3.52. The van der Waals surface area contributed by atoms with E-state index >= 15 is 0 Å². The molecule has 0 aromatic heterocycles. The van der Waals surface area contributed by atoms with E-state index in [0.29, 0.717) is 5.56 Å². The third kappa shape index (κ3) is 3.97. The van der Waals surface area contributed by atoms with Crippen molar-refractivity contribution in [2.75, 3.05) is 6.54 Å². The van der Waals surface area contributed by atoms with Gasteiger partial charge in [-0.2, -0.15) is 0 Å². The van der Waals surface area contributed by atoms with Gasteiger partial charge in [0.25, 0.3) is 5.91 Å². The Balaban J connectivity index is 2.94. The lowest BCUT2D eigenvalue weighted by atomic mass is 10.1. The summed E-state index contributed by atoms with van der Waals surface area (Å²) in [5.41, 5.74) is 0.525. The zero-order chi connectivity index (χ0) is 13.7. The van der Waals surface area contributed by atoms with Crippen LogP contribution in [0.3, 0.4) is 0 Å². The fraction of sp³-hybridized carbons (Fsp3) is 0.385. The molecular formula is C13H16INO3. The van der Waals surface area contributed by atoms with Gasteiger partial charge in [0.05, 0.1) is 0 Å². The average molecular weight is 361 g/mol. The summed E-state index contributed by atoms with van der Waals surface area (Å²) in [5.74, 6) is -1.22. The van der Waals surface area contributed by atoms with Gasteiger partial charge in [0, 0.05) is 15.2 Å². The maximum atomic E-state index is 12.3. The zero-order valence-electron chi connectivity index (χ0n) is 10.4. The van der Waals surface area contributed by atoms with Crippen LogP contribution in [0.5, 0.6) is 0 Å². The number of amides is 1. The Morgan fingerprint density at radius 1 is 1.33 bits per heavy atom. The molecule has 1 amide bonds. The molecule has 1 unspecified atom stereocenters. The normalized spacial score (nSPS) is 11.9. The van der Waals surface area contributed by atoms with Crippen molar-refractivity contribution >= 4 is 34.5 Å². The van der Waals surface area contributed by atoms with Crippen molar-refractivity contribution in [2.24, 2.45) is 0 Å². The first kappa shape index (κ1) is 14.9. The summed E-state index contributed by atoms with van der Waals surface area (Å²) in [6.07, 6.45) is 0.726. The van der Waals surface area contributed by atoms with Crippen molar-refractivity contribution in [3.05, 3.63) is 33.4 Å². The van der Waals surface area contributed by atoms with Crippen molar-refractivity contribution in [3.63, 3.8) is 0 Å². The summed E-state index contributed by atoms with van der Waals surface area (Å²) in [4.78, 5) is 24.5. The molecule has 0 radical (unpaired) electrons. The van der Waals surface area contributed by atoms with Gasteiger partial charge in [-0.1, -0.05) is 6.92 Å². The lowest BCUT2D eigenvalue weighted by Gasteiger charge is -2.27. The number of hydrogen-bond acceptors (Lipinski definition) is 2. The third-order valence-electron chi connectivity index (χ3n) is 2.78. The number of nitrogens with zero attached hydrogens (tertiary/aromatic N) is 1. The number of rotatable bonds is 5. The molecule has 0 aliphatic rings. The summed E-state index contributed by atoms with van der Waals surface area (Å²) >= 11 is 2.16. The van der Waals surface area contributed by atoms with E-state index in [9.17, 15) is 9.59 Å². The van der Waals surface area contributed by atoms with E-state index in [0.717, 1.165) is 9.99 Å². The lowest BCUT2D eigenvalue weighted by molar-refractivity contribution is -0.138. The van der Waals surface area contributed by atoms with Gasteiger partial charge < -0.3 is 10.0 Å². The Morgan fingerprint density at radius 3 is 2.33 bits per heavy atom. The van der Waals surface area contributed by atoms with E-state index < -0.39 is 5.97 Å². The topological polar surface area (TPSA) is 57.6 Å². The number of carbonyl (C=O) groups is 2. The first-order valence-corrected chi connectivity index (χ1v) is 6.82. The van der Waals surface area contributed by atoms with Crippen LogP contribution >= 0.6 is 22.6 Å². The minimum atomic E-state index is -0.992. The third-order valence-corrected chi connectivity index (χ3v) is 3.50. The van der Waals surface area contributed by atoms with Gasteiger partial charge in [0.2, 0.25) is 0 Å². The molecule has 0 aliphatic heterocycles. The van der Waals surface area contributed by atoms with Crippen molar-refractivity contribution in [3.8, 4) is 0 Å². The highest BCUT2D eigenvalue weighted by Crippen LogP contribution is 2.12. The number of benzene rings is 1. The molecule has 4 nitrogen and oxygen atoms in total. The van der Waals surface area contributed by atoms with Crippen LogP contribution in [0.15, 0.2) is 24.3 Å². The standard InChI is InChI=1S/C13H16INO3/c1-3-9(2)15(8-12(16)17)13(18)10-4-6-11(14)7-5-10/h4-7,9H,3,8H2,1-2H3,(H,16,17). The monoisotopic (exact) mass is 361 g/mol. The summed E-state index contributed by atoms with van der Waals surface area (Å²) in [5, 5.41) is 8.87. The number of carboxylic acids is 1. The van der Waals surface area contributed by atoms with Crippen LogP contribution in [0.25, 0.3) is 0 Å². The first-order chi connectivity index (χ1) is 8.45. The maximum absolute atomic E-state index is 12.3. The van der Waals surface area contributed by atoms with Gasteiger partial charge in [0.1, 0.15) is 6.54 Å². The van der Waals surface area contributed by atoms with Crippen LogP contribution in [-0.4, -0.2) is 34.5 Å². The quantitative estimate of drug-likeness (QED) is 0.821.